The Morgan fingerprint density at radius 3 is 1.64 bits per heavy atom. The van der Waals surface area contributed by atoms with E-state index in [0.717, 1.165) is 5.75 Å². The summed E-state index contributed by atoms with van der Waals surface area (Å²) >= 11 is 3.57. The summed E-state index contributed by atoms with van der Waals surface area (Å²) in [5.74, 6) is 0.885. The van der Waals surface area contributed by atoms with Crippen LogP contribution in [0.15, 0.2) is 98.4 Å². The molecule has 0 aromatic heterocycles. The average molecular weight is 324 g/mol. The van der Waals surface area contributed by atoms with Crippen LogP contribution in [0.5, 0.6) is 5.75 Å². The van der Waals surface area contributed by atoms with Crippen molar-refractivity contribution in [2.45, 2.75) is 19.6 Å². The molecule has 3 aromatic carbocycles. The molecule has 3 rings (SSSR count). The first kappa shape index (κ1) is 15.1. The summed E-state index contributed by atoms with van der Waals surface area (Å²) in [6.07, 6.45) is 0. The highest BCUT2D eigenvalue weighted by molar-refractivity contribution is 8.02. The van der Waals surface area contributed by atoms with Gasteiger partial charge in [0.05, 0.1) is 7.11 Å². The van der Waals surface area contributed by atoms with Gasteiger partial charge in [0.1, 0.15) is 5.75 Å². The number of hydrogen-bond acceptors (Lipinski definition) is 3. The van der Waals surface area contributed by atoms with Crippen LogP contribution in [0.25, 0.3) is 0 Å². The Kier molecular flexibility index (Phi) is 5.09. The molecule has 0 spiro atoms. The first-order valence-electron chi connectivity index (χ1n) is 6.99. The fraction of sp³-hybridized carbons (Fsp3) is 0.0526. The van der Waals surface area contributed by atoms with Gasteiger partial charge in [0.2, 0.25) is 0 Å². The van der Waals surface area contributed by atoms with Gasteiger partial charge in [-0.3, -0.25) is 0 Å². The van der Waals surface area contributed by atoms with Crippen LogP contribution in [0.1, 0.15) is 0 Å². The maximum atomic E-state index is 5.21. The Morgan fingerprint density at radius 1 is 0.591 bits per heavy atom. The molecule has 0 saturated heterocycles. The van der Waals surface area contributed by atoms with E-state index in [1.165, 1.54) is 19.6 Å². The number of ether oxygens (including phenoxy) is 1. The lowest BCUT2D eigenvalue weighted by Gasteiger charge is -2.09. The molecule has 0 aliphatic heterocycles. The SMILES string of the molecule is COc1ccc(Sc2ccccc2Sc2ccccc2)cc1. The van der Waals surface area contributed by atoms with Crippen LogP contribution in [-0.2, 0) is 0 Å². The van der Waals surface area contributed by atoms with Crippen LogP contribution in [0, 0.1) is 0 Å². The van der Waals surface area contributed by atoms with Crippen molar-refractivity contribution in [2.75, 3.05) is 7.11 Å². The minimum Gasteiger partial charge on any atom is -0.497 e. The Labute approximate surface area is 139 Å². The second-order valence-electron chi connectivity index (χ2n) is 4.64. The second kappa shape index (κ2) is 7.43. The molecule has 110 valence electrons. The molecule has 0 N–H and O–H groups in total. The molecule has 0 heterocycles. The van der Waals surface area contributed by atoms with Gasteiger partial charge in [0.25, 0.3) is 0 Å². The van der Waals surface area contributed by atoms with E-state index in [2.05, 4.69) is 60.7 Å². The highest BCUT2D eigenvalue weighted by Crippen LogP contribution is 2.38. The molecule has 3 aromatic rings. The Bertz CT molecular complexity index is 724. The van der Waals surface area contributed by atoms with Crippen molar-refractivity contribution in [1.29, 1.82) is 0 Å². The van der Waals surface area contributed by atoms with Crippen molar-refractivity contribution in [3.05, 3.63) is 78.9 Å². The molecule has 22 heavy (non-hydrogen) atoms. The molecule has 0 bridgehead atoms. The first-order chi connectivity index (χ1) is 10.8. The first-order valence-corrected chi connectivity index (χ1v) is 8.62. The number of rotatable bonds is 5. The summed E-state index contributed by atoms with van der Waals surface area (Å²) in [4.78, 5) is 5.00. The van der Waals surface area contributed by atoms with Gasteiger partial charge in [-0.25, -0.2) is 0 Å². The Balaban J connectivity index is 1.81. The van der Waals surface area contributed by atoms with Gasteiger partial charge in [-0.05, 0) is 48.5 Å². The average Bonchev–Trinajstić information content (AvgIpc) is 2.58. The van der Waals surface area contributed by atoms with Gasteiger partial charge in [0.15, 0.2) is 0 Å². The normalized spacial score (nSPS) is 10.4. The molecule has 0 radical (unpaired) electrons. The van der Waals surface area contributed by atoms with Crippen LogP contribution in [0.2, 0.25) is 0 Å². The van der Waals surface area contributed by atoms with E-state index < -0.39 is 0 Å². The number of benzene rings is 3. The van der Waals surface area contributed by atoms with Crippen LogP contribution in [-0.4, -0.2) is 7.11 Å². The van der Waals surface area contributed by atoms with Crippen molar-refractivity contribution in [2.24, 2.45) is 0 Å². The van der Waals surface area contributed by atoms with Crippen molar-refractivity contribution in [3.8, 4) is 5.75 Å². The van der Waals surface area contributed by atoms with E-state index in [-0.39, 0.29) is 0 Å². The third-order valence-electron chi connectivity index (χ3n) is 3.11. The second-order valence-corrected chi connectivity index (χ2v) is 6.87. The Hall–Kier alpha value is -1.84. The zero-order valence-electron chi connectivity index (χ0n) is 12.2. The molecular formula is C19H16OS2. The third kappa shape index (κ3) is 3.87. The van der Waals surface area contributed by atoms with Gasteiger partial charge >= 0.3 is 0 Å². The fourth-order valence-corrected chi connectivity index (χ4v) is 3.96. The summed E-state index contributed by atoms with van der Waals surface area (Å²) in [7, 11) is 1.69. The predicted molar refractivity (Wildman–Crippen MR) is 94.1 cm³/mol. The Morgan fingerprint density at radius 2 is 1.09 bits per heavy atom. The zero-order chi connectivity index (χ0) is 15.2. The van der Waals surface area contributed by atoms with Crippen LogP contribution in [0.3, 0.4) is 0 Å². The molecular weight excluding hydrogens is 308 g/mol. The monoisotopic (exact) mass is 324 g/mol. The van der Waals surface area contributed by atoms with Crippen LogP contribution in [0.4, 0.5) is 0 Å². The standard InChI is InChI=1S/C19H16OS2/c1-20-15-11-13-17(14-12-15)22-19-10-6-5-9-18(19)21-16-7-3-2-4-8-16/h2-14H,1H3. The molecule has 0 atom stereocenters. The molecule has 3 heteroatoms. The topological polar surface area (TPSA) is 9.23 Å². The van der Waals surface area contributed by atoms with Gasteiger partial charge in [-0.15, -0.1) is 0 Å². The fourth-order valence-electron chi connectivity index (χ4n) is 2.01. The van der Waals surface area contributed by atoms with E-state index in [0.29, 0.717) is 0 Å². The largest absolute Gasteiger partial charge is 0.497 e. The molecule has 0 amide bonds. The molecule has 0 aliphatic carbocycles. The predicted octanol–water partition coefficient (Wildman–Crippen LogP) is 6.00. The van der Waals surface area contributed by atoms with Crippen molar-refractivity contribution in [1.82, 2.24) is 0 Å². The van der Waals surface area contributed by atoms with Crippen molar-refractivity contribution >= 4 is 23.5 Å². The molecule has 0 unspecified atom stereocenters. The van der Waals surface area contributed by atoms with Crippen LogP contribution < -0.4 is 4.74 Å². The zero-order valence-corrected chi connectivity index (χ0v) is 13.9. The highest BCUT2D eigenvalue weighted by Gasteiger charge is 2.06. The molecule has 0 saturated carbocycles. The lowest BCUT2D eigenvalue weighted by molar-refractivity contribution is 0.414. The van der Waals surface area contributed by atoms with E-state index in [9.17, 15) is 0 Å². The maximum absolute atomic E-state index is 5.21. The smallest absolute Gasteiger partial charge is 0.118 e. The van der Waals surface area contributed by atoms with Gasteiger partial charge in [-0.2, -0.15) is 0 Å². The van der Waals surface area contributed by atoms with E-state index in [1.54, 1.807) is 30.6 Å². The lowest BCUT2D eigenvalue weighted by atomic mass is 10.3. The lowest BCUT2D eigenvalue weighted by Crippen LogP contribution is -1.82. The summed E-state index contributed by atoms with van der Waals surface area (Å²) in [5.41, 5.74) is 0. The minimum atomic E-state index is 0.885. The van der Waals surface area contributed by atoms with Crippen molar-refractivity contribution < 1.29 is 4.74 Å². The summed E-state index contributed by atoms with van der Waals surface area (Å²) in [6.45, 7) is 0. The number of hydrogen-bond donors (Lipinski definition) is 0. The molecule has 0 aliphatic rings. The number of methoxy groups -OCH3 is 1. The third-order valence-corrected chi connectivity index (χ3v) is 5.40. The van der Waals surface area contributed by atoms with Gasteiger partial charge in [-0.1, -0.05) is 53.9 Å². The van der Waals surface area contributed by atoms with E-state index >= 15 is 0 Å². The highest BCUT2D eigenvalue weighted by atomic mass is 32.2. The molecule has 0 fully saturated rings. The summed E-state index contributed by atoms with van der Waals surface area (Å²) < 4.78 is 5.21. The van der Waals surface area contributed by atoms with Crippen LogP contribution >= 0.6 is 23.5 Å². The van der Waals surface area contributed by atoms with Crippen molar-refractivity contribution in [3.63, 3.8) is 0 Å². The van der Waals surface area contributed by atoms with E-state index in [4.69, 9.17) is 4.74 Å². The van der Waals surface area contributed by atoms with E-state index in [1.807, 2.05) is 18.2 Å². The van der Waals surface area contributed by atoms with Gasteiger partial charge in [0, 0.05) is 19.6 Å². The van der Waals surface area contributed by atoms with Gasteiger partial charge < -0.3 is 4.74 Å². The summed E-state index contributed by atoms with van der Waals surface area (Å²) in [6, 6.07) is 27.1. The quantitative estimate of drug-likeness (QED) is 0.570. The summed E-state index contributed by atoms with van der Waals surface area (Å²) in [5, 5.41) is 0. The molecule has 1 nitrogen and oxygen atoms in total. The maximum Gasteiger partial charge on any atom is 0.118 e. The minimum absolute atomic E-state index is 0.885.